The van der Waals surface area contributed by atoms with Crippen molar-refractivity contribution in [3.8, 4) is 5.75 Å². The number of rotatable bonds is 6. The Balaban J connectivity index is 2.09. The van der Waals surface area contributed by atoms with Crippen molar-refractivity contribution < 1.29 is 4.74 Å². The van der Waals surface area contributed by atoms with E-state index in [-0.39, 0.29) is 5.54 Å². The summed E-state index contributed by atoms with van der Waals surface area (Å²) in [7, 11) is 1.72. The van der Waals surface area contributed by atoms with E-state index in [0.717, 1.165) is 25.4 Å². The van der Waals surface area contributed by atoms with E-state index in [0.29, 0.717) is 6.04 Å². The number of nitrogens with one attached hydrogen (secondary N) is 1. The summed E-state index contributed by atoms with van der Waals surface area (Å²) in [6.45, 7) is 10.2. The third kappa shape index (κ3) is 3.78. The molecule has 0 spiro atoms. The zero-order valence-corrected chi connectivity index (χ0v) is 14.0. The van der Waals surface area contributed by atoms with Crippen molar-refractivity contribution in [2.75, 3.05) is 20.2 Å². The molecule has 21 heavy (non-hydrogen) atoms. The van der Waals surface area contributed by atoms with E-state index in [4.69, 9.17) is 4.74 Å². The highest BCUT2D eigenvalue weighted by Crippen LogP contribution is 2.25. The fraction of sp³-hybridized carbons (Fsp3) is 0.667. The molecule has 1 aliphatic heterocycles. The first-order chi connectivity index (χ1) is 10.2. The zero-order chi connectivity index (χ0) is 15.3. The van der Waals surface area contributed by atoms with Gasteiger partial charge in [0.05, 0.1) is 7.11 Å². The fourth-order valence-corrected chi connectivity index (χ4v) is 3.31. The Hall–Kier alpha value is -1.06. The summed E-state index contributed by atoms with van der Waals surface area (Å²) in [5.74, 6) is 0.933. The Morgan fingerprint density at radius 2 is 1.86 bits per heavy atom. The van der Waals surface area contributed by atoms with Gasteiger partial charge in [-0.25, -0.2) is 0 Å². The first kappa shape index (κ1) is 16.3. The summed E-state index contributed by atoms with van der Waals surface area (Å²) in [6.07, 6.45) is 3.59. The van der Waals surface area contributed by atoms with E-state index in [1.807, 2.05) is 0 Å². The molecule has 1 fully saturated rings. The first-order valence-electron chi connectivity index (χ1n) is 8.28. The summed E-state index contributed by atoms with van der Waals surface area (Å²) in [6, 6.07) is 9.13. The van der Waals surface area contributed by atoms with Gasteiger partial charge in [0.2, 0.25) is 0 Å². The monoisotopic (exact) mass is 290 g/mol. The number of hydrogen-bond acceptors (Lipinski definition) is 3. The summed E-state index contributed by atoms with van der Waals surface area (Å²) >= 11 is 0. The standard InChI is InChI=1S/C18H30N2O/c1-5-16-12-19-18(6-2,7-3)14-20(16)13-15-8-10-17(21-4)11-9-15/h8-11,16,19H,5-7,12-14H2,1-4H3. The van der Waals surface area contributed by atoms with E-state index in [1.165, 1.54) is 24.8 Å². The molecule has 1 atom stereocenters. The third-order valence-corrected chi connectivity index (χ3v) is 5.10. The van der Waals surface area contributed by atoms with Crippen LogP contribution in [-0.2, 0) is 6.54 Å². The lowest BCUT2D eigenvalue weighted by Crippen LogP contribution is -2.63. The van der Waals surface area contributed by atoms with Gasteiger partial charge in [-0.15, -0.1) is 0 Å². The minimum atomic E-state index is 0.290. The van der Waals surface area contributed by atoms with Gasteiger partial charge in [0.25, 0.3) is 0 Å². The van der Waals surface area contributed by atoms with Crippen molar-refractivity contribution in [2.45, 2.75) is 58.2 Å². The molecule has 0 amide bonds. The lowest BCUT2D eigenvalue weighted by molar-refractivity contribution is 0.0643. The number of ether oxygens (including phenoxy) is 1. The summed E-state index contributed by atoms with van der Waals surface area (Å²) in [4.78, 5) is 2.66. The minimum absolute atomic E-state index is 0.290. The van der Waals surface area contributed by atoms with Gasteiger partial charge in [-0.2, -0.15) is 0 Å². The van der Waals surface area contributed by atoms with E-state index in [2.05, 4.69) is 55.3 Å². The summed E-state index contributed by atoms with van der Waals surface area (Å²) < 4.78 is 5.25. The van der Waals surface area contributed by atoms with Crippen LogP contribution in [0, 0.1) is 0 Å². The van der Waals surface area contributed by atoms with Crippen LogP contribution >= 0.6 is 0 Å². The summed E-state index contributed by atoms with van der Waals surface area (Å²) in [5.41, 5.74) is 1.66. The summed E-state index contributed by atoms with van der Waals surface area (Å²) in [5, 5.41) is 3.81. The van der Waals surface area contributed by atoms with Crippen LogP contribution < -0.4 is 10.1 Å². The molecular formula is C18H30N2O. The van der Waals surface area contributed by atoms with Gasteiger partial charge in [-0.3, -0.25) is 4.90 Å². The molecular weight excluding hydrogens is 260 g/mol. The van der Waals surface area contributed by atoms with Crippen LogP contribution in [0.15, 0.2) is 24.3 Å². The fourth-order valence-electron chi connectivity index (χ4n) is 3.31. The molecule has 1 heterocycles. The predicted molar refractivity (Wildman–Crippen MR) is 88.8 cm³/mol. The van der Waals surface area contributed by atoms with Gasteiger partial charge in [0.1, 0.15) is 5.75 Å². The molecule has 0 aliphatic carbocycles. The molecule has 2 rings (SSSR count). The second-order valence-corrected chi connectivity index (χ2v) is 6.18. The highest BCUT2D eigenvalue weighted by atomic mass is 16.5. The molecule has 1 saturated heterocycles. The molecule has 0 saturated carbocycles. The number of hydrogen-bond donors (Lipinski definition) is 1. The second-order valence-electron chi connectivity index (χ2n) is 6.18. The van der Waals surface area contributed by atoms with Crippen molar-refractivity contribution in [1.29, 1.82) is 0 Å². The van der Waals surface area contributed by atoms with Crippen LogP contribution in [0.2, 0.25) is 0 Å². The van der Waals surface area contributed by atoms with Crippen molar-refractivity contribution in [1.82, 2.24) is 10.2 Å². The van der Waals surface area contributed by atoms with E-state index >= 15 is 0 Å². The highest BCUT2D eigenvalue weighted by Gasteiger charge is 2.35. The number of piperazine rings is 1. The third-order valence-electron chi connectivity index (χ3n) is 5.10. The van der Waals surface area contributed by atoms with Crippen molar-refractivity contribution >= 4 is 0 Å². The van der Waals surface area contributed by atoms with Crippen molar-refractivity contribution in [3.05, 3.63) is 29.8 Å². The van der Waals surface area contributed by atoms with Gasteiger partial charge in [-0.05, 0) is 37.0 Å². The predicted octanol–water partition coefficient (Wildman–Crippen LogP) is 3.44. The number of methoxy groups -OCH3 is 1. The van der Waals surface area contributed by atoms with Gasteiger partial charge >= 0.3 is 0 Å². The Bertz CT molecular complexity index is 425. The molecule has 0 aromatic heterocycles. The molecule has 3 heteroatoms. The molecule has 1 aliphatic rings. The van der Waals surface area contributed by atoms with Gasteiger partial charge in [-0.1, -0.05) is 32.9 Å². The Morgan fingerprint density at radius 3 is 2.38 bits per heavy atom. The molecule has 1 N–H and O–H groups in total. The van der Waals surface area contributed by atoms with Crippen molar-refractivity contribution in [2.24, 2.45) is 0 Å². The van der Waals surface area contributed by atoms with Gasteiger partial charge < -0.3 is 10.1 Å². The molecule has 1 aromatic rings. The quantitative estimate of drug-likeness (QED) is 0.868. The molecule has 118 valence electrons. The molecule has 0 bridgehead atoms. The van der Waals surface area contributed by atoms with Gasteiger partial charge in [0.15, 0.2) is 0 Å². The maximum atomic E-state index is 5.25. The van der Waals surface area contributed by atoms with Crippen LogP contribution in [-0.4, -0.2) is 36.7 Å². The maximum absolute atomic E-state index is 5.25. The highest BCUT2D eigenvalue weighted by molar-refractivity contribution is 5.27. The lowest BCUT2D eigenvalue weighted by Gasteiger charge is -2.47. The lowest BCUT2D eigenvalue weighted by atomic mass is 9.88. The van der Waals surface area contributed by atoms with Gasteiger partial charge in [0, 0.05) is 31.2 Å². The molecule has 0 radical (unpaired) electrons. The Kier molecular flexibility index (Phi) is 5.65. The first-order valence-corrected chi connectivity index (χ1v) is 8.28. The SMILES string of the molecule is CCC1CNC(CC)(CC)CN1Cc1ccc(OC)cc1. The zero-order valence-electron chi connectivity index (χ0n) is 14.0. The topological polar surface area (TPSA) is 24.5 Å². The van der Waals surface area contributed by atoms with E-state index in [1.54, 1.807) is 7.11 Å². The average Bonchev–Trinajstić information content (AvgIpc) is 2.55. The Labute approximate surface area is 129 Å². The molecule has 1 aromatic carbocycles. The molecule has 3 nitrogen and oxygen atoms in total. The second kappa shape index (κ2) is 7.28. The minimum Gasteiger partial charge on any atom is -0.497 e. The van der Waals surface area contributed by atoms with Crippen LogP contribution in [0.3, 0.4) is 0 Å². The molecule has 1 unspecified atom stereocenters. The van der Waals surface area contributed by atoms with Crippen molar-refractivity contribution in [3.63, 3.8) is 0 Å². The number of benzene rings is 1. The normalized spacial score (nSPS) is 22.2. The Morgan fingerprint density at radius 1 is 1.19 bits per heavy atom. The van der Waals surface area contributed by atoms with Crippen LogP contribution in [0.1, 0.15) is 45.6 Å². The largest absolute Gasteiger partial charge is 0.497 e. The number of nitrogens with zero attached hydrogens (tertiary/aromatic N) is 1. The maximum Gasteiger partial charge on any atom is 0.118 e. The van der Waals surface area contributed by atoms with E-state index in [9.17, 15) is 0 Å². The van der Waals surface area contributed by atoms with E-state index < -0.39 is 0 Å². The smallest absolute Gasteiger partial charge is 0.118 e. The van der Waals surface area contributed by atoms with Crippen LogP contribution in [0.5, 0.6) is 5.75 Å². The van der Waals surface area contributed by atoms with Crippen LogP contribution in [0.25, 0.3) is 0 Å². The van der Waals surface area contributed by atoms with Crippen LogP contribution in [0.4, 0.5) is 0 Å². The average molecular weight is 290 g/mol.